The SMILES string of the molecule is CCOC(=O)c1cc(C2CC2)ncc1NC(=O)CC#N. The average Bonchev–Trinajstić information content (AvgIpc) is 3.24. The number of aromatic nitrogens is 1. The summed E-state index contributed by atoms with van der Waals surface area (Å²) in [5, 5.41) is 11.0. The zero-order chi connectivity index (χ0) is 14.5. The smallest absolute Gasteiger partial charge is 0.340 e. The van der Waals surface area contributed by atoms with E-state index < -0.39 is 11.9 Å². The van der Waals surface area contributed by atoms with Gasteiger partial charge < -0.3 is 10.1 Å². The van der Waals surface area contributed by atoms with Gasteiger partial charge in [-0.15, -0.1) is 0 Å². The predicted octanol–water partition coefficient (Wildman–Crippen LogP) is 1.99. The van der Waals surface area contributed by atoms with Gasteiger partial charge in [-0.05, 0) is 25.8 Å². The Kier molecular flexibility index (Phi) is 4.31. The molecule has 1 N–H and O–H groups in total. The molecule has 1 heterocycles. The number of rotatable bonds is 5. The summed E-state index contributed by atoms with van der Waals surface area (Å²) in [6.07, 6.45) is 3.31. The number of pyridine rings is 1. The van der Waals surface area contributed by atoms with Gasteiger partial charge in [-0.2, -0.15) is 5.26 Å². The fraction of sp³-hybridized carbons (Fsp3) is 0.429. The van der Waals surface area contributed by atoms with E-state index in [1.165, 1.54) is 6.20 Å². The molecule has 1 aliphatic rings. The molecule has 0 radical (unpaired) electrons. The van der Waals surface area contributed by atoms with Crippen LogP contribution in [-0.4, -0.2) is 23.5 Å². The number of anilines is 1. The molecule has 0 bridgehead atoms. The van der Waals surface area contributed by atoms with Crippen molar-refractivity contribution in [3.63, 3.8) is 0 Å². The van der Waals surface area contributed by atoms with Crippen molar-refractivity contribution in [3.8, 4) is 6.07 Å². The lowest BCUT2D eigenvalue weighted by Crippen LogP contribution is -2.16. The molecule has 0 aliphatic heterocycles. The molecule has 104 valence electrons. The Hall–Kier alpha value is -2.42. The molecular weight excluding hydrogens is 258 g/mol. The number of carbonyl (C=O) groups is 2. The van der Waals surface area contributed by atoms with Gasteiger partial charge in [-0.3, -0.25) is 9.78 Å². The normalized spacial score (nSPS) is 13.4. The molecule has 1 aromatic heterocycles. The monoisotopic (exact) mass is 273 g/mol. The predicted molar refractivity (Wildman–Crippen MR) is 71.0 cm³/mol. The Morgan fingerprint density at radius 2 is 2.30 bits per heavy atom. The van der Waals surface area contributed by atoms with Crippen LogP contribution in [-0.2, 0) is 9.53 Å². The number of amides is 1. The first-order chi connectivity index (χ1) is 9.65. The van der Waals surface area contributed by atoms with Gasteiger partial charge in [0.25, 0.3) is 0 Å². The first-order valence-electron chi connectivity index (χ1n) is 6.49. The summed E-state index contributed by atoms with van der Waals surface area (Å²) in [6, 6.07) is 3.42. The second-order valence-electron chi connectivity index (χ2n) is 4.53. The van der Waals surface area contributed by atoms with Gasteiger partial charge in [0.15, 0.2) is 0 Å². The second-order valence-corrected chi connectivity index (χ2v) is 4.53. The lowest BCUT2D eigenvalue weighted by molar-refractivity contribution is -0.115. The highest BCUT2D eigenvalue weighted by Gasteiger charge is 2.27. The van der Waals surface area contributed by atoms with E-state index in [-0.39, 0.29) is 24.3 Å². The Bertz CT molecular complexity index is 574. The maximum atomic E-state index is 11.9. The van der Waals surface area contributed by atoms with Crippen LogP contribution in [0.3, 0.4) is 0 Å². The molecule has 1 aromatic rings. The molecular formula is C14H15N3O3. The van der Waals surface area contributed by atoms with Crippen molar-refractivity contribution in [2.45, 2.75) is 32.1 Å². The van der Waals surface area contributed by atoms with Gasteiger partial charge in [0.05, 0.1) is 30.1 Å². The maximum absolute atomic E-state index is 11.9. The van der Waals surface area contributed by atoms with Gasteiger partial charge >= 0.3 is 5.97 Å². The van der Waals surface area contributed by atoms with E-state index in [2.05, 4.69) is 10.3 Å². The van der Waals surface area contributed by atoms with E-state index in [0.717, 1.165) is 18.5 Å². The lowest BCUT2D eigenvalue weighted by Gasteiger charge is -2.10. The summed E-state index contributed by atoms with van der Waals surface area (Å²) in [4.78, 5) is 27.6. The van der Waals surface area contributed by atoms with Crippen LogP contribution in [0.2, 0.25) is 0 Å². The minimum atomic E-state index is -0.496. The molecule has 0 spiro atoms. The lowest BCUT2D eigenvalue weighted by atomic mass is 10.1. The van der Waals surface area contributed by atoms with E-state index in [0.29, 0.717) is 5.92 Å². The van der Waals surface area contributed by atoms with Crippen molar-refractivity contribution in [1.29, 1.82) is 5.26 Å². The van der Waals surface area contributed by atoms with Gasteiger partial charge in [-0.25, -0.2) is 4.79 Å². The molecule has 0 aromatic carbocycles. The largest absolute Gasteiger partial charge is 0.462 e. The fourth-order valence-corrected chi connectivity index (χ4v) is 1.82. The highest BCUT2D eigenvalue weighted by molar-refractivity contribution is 6.01. The van der Waals surface area contributed by atoms with Crippen LogP contribution in [0.4, 0.5) is 5.69 Å². The standard InChI is InChI=1S/C14H15N3O3/c1-2-20-14(19)10-7-11(9-3-4-9)16-8-12(10)17-13(18)5-6-15/h7-9H,2-5H2,1H3,(H,17,18). The Balaban J connectivity index is 2.26. The molecule has 1 amide bonds. The Labute approximate surface area is 116 Å². The third-order valence-corrected chi connectivity index (χ3v) is 2.93. The fourth-order valence-electron chi connectivity index (χ4n) is 1.82. The van der Waals surface area contributed by atoms with E-state index >= 15 is 0 Å². The highest BCUT2D eigenvalue weighted by atomic mass is 16.5. The van der Waals surface area contributed by atoms with Crippen molar-refractivity contribution >= 4 is 17.6 Å². The Morgan fingerprint density at radius 3 is 2.90 bits per heavy atom. The van der Waals surface area contributed by atoms with Crippen molar-refractivity contribution in [1.82, 2.24) is 4.98 Å². The molecule has 1 saturated carbocycles. The van der Waals surface area contributed by atoms with E-state index in [9.17, 15) is 9.59 Å². The first kappa shape index (κ1) is 14.0. The summed E-state index contributed by atoms with van der Waals surface area (Å²) in [6.45, 7) is 1.97. The molecule has 1 fully saturated rings. The number of hydrogen-bond acceptors (Lipinski definition) is 5. The topological polar surface area (TPSA) is 92.1 Å². The molecule has 2 rings (SSSR count). The van der Waals surface area contributed by atoms with Gasteiger partial charge in [0, 0.05) is 11.6 Å². The Morgan fingerprint density at radius 1 is 1.55 bits per heavy atom. The molecule has 20 heavy (non-hydrogen) atoms. The number of nitrogens with zero attached hydrogens (tertiary/aromatic N) is 2. The third kappa shape index (κ3) is 3.32. The summed E-state index contributed by atoms with van der Waals surface area (Å²) in [5.41, 5.74) is 1.41. The van der Waals surface area contributed by atoms with Gasteiger partial charge in [0.2, 0.25) is 5.91 Å². The molecule has 1 aliphatic carbocycles. The number of esters is 1. The number of hydrogen-bond donors (Lipinski definition) is 1. The number of ether oxygens (including phenoxy) is 1. The molecule has 0 unspecified atom stereocenters. The number of nitriles is 1. The quantitative estimate of drug-likeness (QED) is 0.828. The number of carbonyl (C=O) groups excluding carboxylic acids is 2. The van der Waals surface area contributed by atoms with E-state index in [1.54, 1.807) is 19.1 Å². The van der Waals surface area contributed by atoms with E-state index in [1.807, 2.05) is 0 Å². The van der Waals surface area contributed by atoms with Crippen molar-refractivity contribution in [3.05, 3.63) is 23.5 Å². The summed E-state index contributed by atoms with van der Waals surface area (Å²) in [7, 11) is 0. The van der Waals surface area contributed by atoms with Crippen LogP contribution in [0.15, 0.2) is 12.3 Å². The van der Waals surface area contributed by atoms with Crippen LogP contribution >= 0.6 is 0 Å². The van der Waals surface area contributed by atoms with Gasteiger partial charge in [0.1, 0.15) is 6.42 Å². The van der Waals surface area contributed by atoms with Crippen LogP contribution in [0.5, 0.6) is 0 Å². The van der Waals surface area contributed by atoms with Crippen LogP contribution < -0.4 is 5.32 Å². The average molecular weight is 273 g/mol. The van der Waals surface area contributed by atoms with Crippen molar-refractivity contribution in [2.75, 3.05) is 11.9 Å². The molecule has 6 heteroatoms. The van der Waals surface area contributed by atoms with Crippen molar-refractivity contribution < 1.29 is 14.3 Å². The van der Waals surface area contributed by atoms with Crippen LogP contribution in [0.25, 0.3) is 0 Å². The molecule has 0 saturated heterocycles. The summed E-state index contributed by atoms with van der Waals surface area (Å²) < 4.78 is 4.98. The van der Waals surface area contributed by atoms with Crippen LogP contribution in [0.1, 0.15) is 48.2 Å². The minimum Gasteiger partial charge on any atom is -0.462 e. The molecule has 0 atom stereocenters. The van der Waals surface area contributed by atoms with Crippen LogP contribution in [0, 0.1) is 11.3 Å². The highest BCUT2D eigenvalue weighted by Crippen LogP contribution is 2.39. The second kappa shape index (κ2) is 6.15. The summed E-state index contributed by atoms with van der Waals surface area (Å²) in [5.74, 6) is -0.574. The maximum Gasteiger partial charge on any atom is 0.340 e. The molecule has 6 nitrogen and oxygen atoms in total. The zero-order valence-corrected chi connectivity index (χ0v) is 11.2. The minimum absolute atomic E-state index is 0.255. The third-order valence-electron chi connectivity index (χ3n) is 2.93. The van der Waals surface area contributed by atoms with E-state index in [4.69, 9.17) is 10.00 Å². The zero-order valence-electron chi connectivity index (χ0n) is 11.2. The number of nitrogens with one attached hydrogen (secondary N) is 1. The summed E-state index contributed by atoms with van der Waals surface area (Å²) >= 11 is 0. The van der Waals surface area contributed by atoms with Gasteiger partial charge in [-0.1, -0.05) is 0 Å². The van der Waals surface area contributed by atoms with Crippen molar-refractivity contribution in [2.24, 2.45) is 0 Å². The first-order valence-corrected chi connectivity index (χ1v) is 6.49.